The molecule has 1 rings (SSSR count). The molecular weight excluding hydrogens is 347 g/mol. The maximum atomic E-state index is 13.0. The summed E-state index contributed by atoms with van der Waals surface area (Å²) >= 11 is 6.23. The van der Waals surface area contributed by atoms with Crippen LogP contribution < -0.4 is 0 Å². The van der Waals surface area contributed by atoms with Crippen molar-refractivity contribution >= 4 is 31.9 Å². The Balaban J connectivity index is 3.03. The van der Waals surface area contributed by atoms with Gasteiger partial charge in [0.05, 0.1) is 6.10 Å². The molecule has 3 nitrogen and oxygen atoms in total. The zero-order valence-electron chi connectivity index (χ0n) is 8.20. The summed E-state index contributed by atoms with van der Waals surface area (Å²) in [7, 11) is 0. The number of rotatable bonds is 4. The highest BCUT2D eigenvalue weighted by Gasteiger charge is 2.23. The van der Waals surface area contributed by atoms with Gasteiger partial charge < -0.3 is 15.3 Å². The molecular formula is C10H11Br2FO3. The third kappa shape index (κ3) is 3.24. The quantitative estimate of drug-likeness (QED) is 0.773. The highest BCUT2D eigenvalue weighted by Crippen LogP contribution is 2.34. The van der Waals surface area contributed by atoms with Crippen LogP contribution in [0.25, 0.3) is 0 Å². The first-order valence-electron chi connectivity index (χ1n) is 4.58. The molecule has 0 aliphatic heterocycles. The summed E-state index contributed by atoms with van der Waals surface area (Å²) in [5.74, 6) is -0.452. The SMILES string of the molecule is OCCC(O)C(O)c1c(Br)cc(F)cc1Br. The van der Waals surface area contributed by atoms with Crippen molar-refractivity contribution in [1.29, 1.82) is 0 Å². The molecule has 16 heavy (non-hydrogen) atoms. The average molecular weight is 358 g/mol. The Morgan fingerprint density at radius 1 is 1.19 bits per heavy atom. The molecule has 0 amide bonds. The van der Waals surface area contributed by atoms with E-state index in [1.807, 2.05) is 0 Å². The smallest absolute Gasteiger partial charge is 0.125 e. The number of aliphatic hydroxyl groups excluding tert-OH is 3. The Morgan fingerprint density at radius 3 is 2.12 bits per heavy atom. The summed E-state index contributed by atoms with van der Waals surface area (Å²) < 4.78 is 13.7. The second-order valence-corrected chi connectivity index (χ2v) is 5.02. The zero-order valence-corrected chi connectivity index (χ0v) is 11.4. The Morgan fingerprint density at radius 2 is 1.69 bits per heavy atom. The lowest BCUT2D eigenvalue weighted by molar-refractivity contribution is 0.00341. The predicted molar refractivity (Wildman–Crippen MR) is 64.5 cm³/mol. The lowest BCUT2D eigenvalue weighted by Crippen LogP contribution is -2.20. The minimum absolute atomic E-state index is 0.0530. The van der Waals surface area contributed by atoms with Crippen molar-refractivity contribution in [3.05, 3.63) is 32.5 Å². The minimum Gasteiger partial charge on any atom is -0.396 e. The molecule has 90 valence electrons. The van der Waals surface area contributed by atoms with E-state index in [1.165, 1.54) is 12.1 Å². The van der Waals surface area contributed by atoms with E-state index < -0.39 is 18.0 Å². The largest absolute Gasteiger partial charge is 0.396 e. The molecule has 0 aromatic heterocycles. The van der Waals surface area contributed by atoms with Crippen LogP contribution in [0.3, 0.4) is 0 Å². The fraction of sp³-hybridized carbons (Fsp3) is 0.400. The number of hydrogen-bond donors (Lipinski definition) is 3. The molecule has 0 aliphatic carbocycles. The van der Waals surface area contributed by atoms with Crippen LogP contribution in [0, 0.1) is 5.82 Å². The van der Waals surface area contributed by atoms with Gasteiger partial charge in [-0.3, -0.25) is 0 Å². The second-order valence-electron chi connectivity index (χ2n) is 3.31. The molecule has 0 heterocycles. The Hall–Kier alpha value is -0.0100. The zero-order chi connectivity index (χ0) is 12.3. The molecule has 3 N–H and O–H groups in total. The van der Waals surface area contributed by atoms with Crippen LogP contribution in [0.15, 0.2) is 21.1 Å². The van der Waals surface area contributed by atoms with Gasteiger partial charge in [0.25, 0.3) is 0 Å². The van der Waals surface area contributed by atoms with E-state index in [9.17, 15) is 14.6 Å². The minimum atomic E-state index is -1.18. The summed E-state index contributed by atoms with van der Waals surface area (Å²) in [6.07, 6.45) is -2.23. The summed E-state index contributed by atoms with van der Waals surface area (Å²) in [5.41, 5.74) is 0.363. The predicted octanol–water partition coefficient (Wildman–Crippen LogP) is 2.13. The summed E-state index contributed by atoms with van der Waals surface area (Å²) in [5, 5.41) is 28.0. The normalized spacial score (nSPS) is 14.9. The molecule has 0 spiro atoms. The molecule has 1 aromatic carbocycles. The number of benzene rings is 1. The van der Waals surface area contributed by atoms with Gasteiger partial charge in [-0.1, -0.05) is 31.9 Å². The first-order valence-corrected chi connectivity index (χ1v) is 6.17. The maximum Gasteiger partial charge on any atom is 0.125 e. The molecule has 0 radical (unpaired) electrons. The summed E-state index contributed by atoms with van der Waals surface area (Å²) in [4.78, 5) is 0. The van der Waals surface area contributed by atoms with Gasteiger partial charge >= 0.3 is 0 Å². The number of halogens is 3. The standard InChI is InChI=1S/C10H11Br2FO3/c11-6-3-5(13)4-7(12)9(6)10(16)8(15)1-2-14/h3-4,8,10,14-16H,1-2H2. The molecule has 2 atom stereocenters. The molecule has 0 bridgehead atoms. The molecule has 0 saturated carbocycles. The molecule has 0 fully saturated rings. The van der Waals surface area contributed by atoms with E-state index in [4.69, 9.17) is 5.11 Å². The number of aliphatic hydroxyl groups is 3. The lowest BCUT2D eigenvalue weighted by atomic mass is 10.0. The van der Waals surface area contributed by atoms with Crippen LogP contribution >= 0.6 is 31.9 Å². The third-order valence-electron chi connectivity index (χ3n) is 2.13. The van der Waals surface area contributed by atoms with Crippen molar-refractivity contribution < 1.29 is 19.7 Å². The fourth-order valence-corrected chi connectivity index (χ4v) is 2.92. The van der Waals surface area contributed by atoms with E-state index in [1.54, 1.807) is 0 Å². The van der Waals surface area contributed by atoms with E-state index >= 15 is 0 Å². The molecule has 0 saturated heterocycles. The highest BCUT2D eigenvalue weighted by molar-refractivity contribution is 9.11. The maximum absolute atomic E-state index is 13.0. The van der Waals surface area contributed by atoms with Crippen molar-refractivity contribution in [2.75, 3.05) is 6.61 Å². The number of hydrogen-bond acceptors (Lipinski definition) is 3. The van der Waals surface area contributed by atoms with Crippen LogP contribution in [0.2, 0.25) is 0 Å². The van der Waals surface area contributed by atoms with Crippen LogP contribution in [0.4, 0.5) is 4.39 Å². The van der Waals surface area contributed by atoms with E-state index in [0.717, 1.165) is 0 Å². The van der Waals surface area contributed by atoms with Crippen LogP contribution in [-0.4, -0.2) is 28.0 Å². The van der Waals surface area contributed by atoms with Gasteiger partial charge in [0.1, 0.15) is 11.9 Å². The van der Waals surface area contributed by atoms with Crippen LogP contribution in [0.1, 0.15) is 18.1 Å². The first kappa shape index (κ1) is 14.1. The monoisotopic (exact) mass is 356 g/mol. The van der Waals surface area contributed by atoms with Crippen LogP contribution in [0.5, 0.6) is 0 Å². The molecule has 6 heteroatoms. The van der Waals surface area contributed by atoms with E-state index in [0.29, 0.717) is 14.5 Å². The van der Waals surface area contributed by atoms with Gasteiger partial charge in [-0.25, -0.2) is 4.39 Å². The highest BCUT2D eigenvalue weighted by atomic mass is 79.9. The topological polar surface area (TPSA) is 60.7 Å². The molecule has 1 aromatic rings. The van der Waals surface area contributed by atoms with Gasteiger partial charge in [0.2, 0.25) is 0 Å². The lowest BCUT2D eigenvalue weighted by Gasteiger charge is -2.20. The van der Waals surface area contributed by atoms with Crippen LogP contribution in [-0.2, 0) is 0 Å². The van der Waals surface area contributed by atoms with Crippen molar-refractivity contribution in [2.45, 2.75) is 18.6 Å². The summed E-state index contributed by atoms with van der Waals surface area (Å²) in [6, 6.07) is 2.41. The van der Waals surface area contributed by atoms with E-state index in [-0.39, 0.29) is 13.0 Å². The first-order chi connectivity index (χ1) is 7.47. The third-order valence-corrected chi connectivity index (χ3v) is 3.44. The Labute approximate surface area is 109 Å². The van der Waals surface area contributed by atoms with Gasteiger partial charge in [-0.15, -0.1) is 0 Å². The van der Waals surface area contributed by atoms with Crippen molar-refractivity contribution in [1.82, 2.24) is 0 Å². The van der Waals surface area contributed by atoms with Gasteiger partial charge in [0, 0.05) is 21.1 Å². The second kappa shape index (κ2) is 6.07. The molecule has 0 aliphatic rings. The summed E-state index contributed by atoms with van der Waals surface area (Å²) in [6.45, 7) is -0.228. The molecule has 2 unspecified atom stereocenters. The van der Waals surface area contributed by atoms with Crippen molar-refractivity contribution in [3.63, 3.8) is 0 Å². The van der Waals surface area contributed by atoms with E-state index in [2.05, 4.69) is 31.9 Å². The van der Waals surface area contributed by atoms with Gasteiger partial charge in [-0.05, 0) is 18.6 Å². The Kier molecular flexibility index (Phi) is 5.33. The Bertz CT molecular complexity index is 350. The van der Waals surface area contributed by atoms with Crippen molar-refractivity contribution in [2.24, 2.45) is 0 Å². The van der Waals surface area contributed by atoms with Crippen molar-refractivity contribution in [3.8, 4) is 0 Å². The van der Waals surface area contributed by atoms with Gasteiger partial charge in [0.15, 0.2) is 0 Å². The van der Waals surface area contributed by atoms with Gasteiger partial charge in [-0.2, -0.15) is 0 Å². The fourth-order valence-electron chi connectivity index (χ4n) is 1.32. The average Bonchev–Trinajstić information content (AvgIpc) is 2.16.